The highest BCUT2D eigenvalue weighted by atomic mass is 79.9. The van der Waals surface area contributed by atoms with Gasteiger partial charge >= 0.3 is 0 Å². The normalized spacial score (nSPS) is 13.1. The van der Waals surface area contributed by atoms with Crippen molar-refractivity contribution < 1.29 is 22.6 Å². The zero-order chi connectivity index (χ0) is 16.4. The first kappa shape index (κ1) is 16.1. The highest BCUT2D eigenvalue weighted by Gasteiger charge is 2.17. The summed E-state index contributed by atoms with van der Waals surface area (Å²) in [6.07, 6.45) is 0. The molecule has 0 fully saturated rings. The molecule has 3 rings (SSSR count). The predicted octanol–water partition coefficient (Wildman–Crippen LogP) is 2.66. The van der Waals surface area contributed by atoms with Crippen molar-refractivity contribution in [3.8, 4) is 17.2 Å². The first-order valence-electron chi connectivity index (χ1n) is 6.71. The van der Waals surface area contributed by atoms with Crippen molar-refractivity contribution in [2.75, 3.05) is 13.9 Å². The smallest absolute Gasteiger partial charge is 0.241 e. The number of benzene rings is 2. The fraction of sp³-hybridized carbons (Fsp3) is 0.200. The third-order valence-corrected chi connectivity index (χ3v) is 5.39. The van der Waals surface area contributed by atoms with E-state index in [1.54, 1.807) is 24.3 Å². The van der Waals surface area contributed by atoms with Gasteiger partial charge in [0.25, 0.3) is 0 Å². The molecule has 2 aromatic rings. The van der Waals surface area contributed by atoms with Gasteiger partial charge in [-0.05, 0) is 45.8 Å². The maximum Gasteiger partial charge on any atom is 0.241 e. The van der Waals surface area contributed by atoms with Crippen molar-refractivity contribution in [3.05, 3.63) is 46.4 Å². The zero-order valence-electron chi connectivity index (χ0n) is 12.2. The molecule has 0 spiro atoms. The summed E-state index contributed by atoms with van der Waals surface area (Å²) in [7, 11) is -2.16. The van der Waals surface area contributed by atoms with E-state index in [9.17, 15) is 8.42 Å². The fourth-order valence-electron chi connectivity index (χ4n) is 2.12. The van der Waals surface area contributed by atoms with Crippen molar-refractivity contribution in [1.82, 2.24) is 4.72 Å². The number of methoxy groups -OCH3 is 1. The number of ether oxygens (including phenoxy) is 3. The average Bonchev–Trinajstić information content (AvgIpc) is 3.01. The lowest BCUT2D eigenvalue weighted by Gasteiger charge is -2.10. The standard InChI is InChI=1S/C15H14BrNO5S/c1-20-14-7-11(3-4-12(14)16)23(18,19)17-8-10-2-5-13-15(6-10)22-9-21-13/h2-7,17H,8-9H2,1H3. The average molecular weight is 400 g/mol. The molecule has 0 bridgehead atoms. The van der Waals surface area contributed by atoms with Crippen LogP contribution in [-0.2, 0) is 16.6 Å². The summed E-state index contributed by atoms with van der Waals surface area (Å²) in [5.41, 5.74) is 0.780. The molecule has 1 aliphatic rings. The lowest BCUT2D eigenvalue weighted by molar-refractivity contribution is 0.174. The maximum atomic E-state index is 12.4. The SMILES string of the molecule is COc1cc(S(=O)(=O)NCc2ccc3c(c2)OCO3)ccc1Br. The van der Waals surface area contributed by atoms with Gasteiger partial charge in [-0.15, -0.1) is 0 Å². The molecule has 1 N–H and O–H groups in total. The minimum Gasteiger partial charge on any atom is -0.496 e. The molecule has 1 aliphatic heterocycles. The van der Waals surface area contributed by atoms with E-state index >= 15 is 0 Å². The molecule has 8 heteroatoms. The third kappa shape index (κ3) is 3.44. The van der Waals surface area contributed by atoms with E-state index in [-0.39, 0.29) is 18.2 Å². The number of fused-ring (bicyclic) bond motifs is 1. The lowest BCUT2D eigenvalue weighted by Crippen LogP contribution is -2.23. The Labute approximate surface area is 142 Å². The summed E-state index contributed by atoms with van der Waals surface area (Å²) in [6, 6.07) is 9.91. The molecule has 0 aromatic heterocycles. The minimum atomic E-state index is -3.64. The van der Waals surface area contributed by atoms with Gasteiger partial charge in [0.1, 0.15) is 5.75 Å². The molecule has 0 aliphatic carbocycles. The Balaban J connectivity index is 1.76. The summed E-state index contributed by atoms with van der Waals surface area (Å²) in [4.78, 5) is 0.137. The Morgan fingerprint density at radius 2 is 1.96 bits per heavy atom. The number of nitrogens with one attached hydrogen (secondary N) is 1. The summed E-state index contributed by atoms with van der Waals surface area (Å²) in [5, 5.41) is 0. The predicted molar refractivity (Wildman–Crippen MR) is 87.3 cm³/mol. The van der Waals surface area contributed by atoms with Gasteiger partial charge in [0.2, 0.25) is 16.8 Å². The highest BCUT2D eigenvalue weighted by molar-refractivity contribution is 9.10. The molecule has 0 saturated carbocycles. The van der Waals surface area contributed by atoms with Gasteiger partial charge in [-0.3, -0.25) is 0 Å². The van der Waals surface area contributed by atoms with E-state index < -0.39 is 10.0 Å². The van der Waals surface area contributed by atoms with Gasteiger partial charge in [0.15, 0.2) is 11.5 Å². The molecule has 0 atom stereocenters. The summed E-state index contributed by atoms with van der Waals surface area (Å²) in [5.74, 6) is 1.73. The van der Waals surface area contributed by atoms with Crippen LogP contribution in [0.4, 0.5) is 0 Å². The van der Waals surface area contributed by atoms with Crippen LogP contribution < -0.4 is 18.9 Å². The van der Waals surface area contributed by atoms with Gasteiger partial charge in [-0.1, -0.05) is 6.07 Å². The molecule has 0 saturated heterocycles. The van der Waals surface area contributed by atoms with Crippen LogP contribution in [0.3, 0.4) is 0 Å². The van der Waals surface area contributed by atoms with Crippen molar-refractivity contribution in [3.63, 3.8) is 0 Å². The van der Waals surface area contributed by atoms with Gasteiger partial charge in [0, 0.05) is 12.6 Å². The van der Waals surface area contributed by atoms with Crippen molar-refractivity contribution >= 4 is 26.0 Å². The van der Waals surface area contributed by atoms with E-state index in [1.165, 1.54) is 19.2 Å². The first-order chi connectivity index (χ1) is 11.0. The largest absolute Gasteiger partial charge is 0.496 e. The van der Waals surface area contributed by atoms with E-state index in [0.717, 1.165) is 5.56 Å². The Kier molecular flexibility index (Phi) is 4.47. The number of sulfonamides is 1. The molecular formula is C15H14BrNO5S. The second-order valence-electron chi connectivity index (χ2n) is 4.81. The first-order valence-corrected chi connectivity index (χ1v) is 8.99. The van der Waals surface area contributed by atoms with Gasteiger partial charge in [-0.25, -0.2) is 13.1 Å². The van der Waals surface area contributed by atoms with Gasteiger partial charge in [-0.2, -0.15) is 0 Å². The van der Waals surface area contributed by atoms with E-state index in [0.29, 0.717) is 21.7 Å². The van der Waals surface area contributed by atoms with Gasteiger partial charge < -0.3 is 14.2 Å². The molecule has 0 unspecified atom stereocenters. The van der Waals surface area contributed by atoms with E-state index in [2.05, 4.69) is 20.7 Å². The van der Waals surface area contributed by atoms with E-state index in [4.69, 9.17) is 14.2 Å². The van der Waals surface area contributed by atoms with Crippen LogP contribution in [0.5, 0.6) is 17.2 Å². The van der Waals surface area contributed by atoms with Crippen LogP contribution in [0.2, 0.25) is 0 Å². The van der Waals surface area contributed by atoms with Crippen LogP contribution in [0.25, 0.3) is 0 Å². The van der Waals surface area contributed by atoms with Crippen LogP contribution in [0.1, 0.15) is 5.56 Å². The second-order valence-corrected chi connectivity index (χ2v) is 7.43. The molecule has 0 amide bonds. The quantitative estimate of drug-likeness (QED) is 0.836. The maximum absolute atomic E-state index is 12.4. The Morgan fingerprint density at radius 1 is 1.17 bits per heavy atom. The summed E-state index contributed by atoms with van der Waals surface area (Å²) >= 11 is 3.30. The molecule has 2 aromatic carbocycles. The third-order valence-electron chi connectivity index (χ3n) is 3.34. The van der Waals surface area contributed by atoms with Gasteiger partial charge in [0.05, 0.1) is 16.5 Å². The topological polar surface area (TPSA) is 73.9 Å². The molecule has 1 heterocycles. The minimum absolute atomic E-state index is 0.137. The number of hydrogen-bond acceptors (Lipinski definition) is 5. The zero-order valence-corrected chi connectivity index (χ0v) is 14.6. The lowest BCUT2D eigenvalue weighted by atomic mass is 10.2. The molecular weight excluding hydrogens is 386 g/mol. The molecule has 23 heavy (non-hydrogen) atoms. The van der Waals surface area contributed by atoms with Crippen molar-refractivity contribution in [1.29, 1.82) is 0 Å². The Bertz CT molecular complexity index is 838. The molecule has 6 nitrogen and oxygen atoms in total. The van der Waals surface area contributed by atoms with Crippen LogP contribution in [0.15, 0.2) is 45.8 Å². The second kappa shape index (κ2) is 6.38. The monoisotopic (exact) mass is 399 g/mol. The molecule has 0 radical (unpaired) electrons. The highest BCUT2D eigenvalue weighted by Crippen LogP contribution is 2.32. The summed E-state index contributed by atoms with van der Waals surface area (Å²) in [6.45, 7) is 0.334. The molecule has 122 valence electrons. The van der Waals surface area contributed by atoms with E-state index in [1.807, 2.05) is 0 Å². The van der Waals surface area contributed by atoms with Crippen LogP contribution in [-0.4, -0.2) is 22.3 Å². The number of rotatable bonds is 5. The van der Waals surface area contributed by atoms with Crippen molar-refractivity contribution in [2.45, 2.75) is 11.4 Å². The van der Waals surface area contributed by atoms with Crippen LogP contribution >= 0.6 is 15.9 Å². The number of halogens is 1. The fourth-order valence-corrected chi connectivity index (χ4v) is 3.56. The van der Waals surface area contributed by atoms with Crippen LogP contribution in [0, 0.1) is 0 Å². The Morgan fingerprint density at radius 3 is 2.74 bits per heavy atom. The number of hydrogen-bond donors (Lipinski definition) is 1. The Hall–Kier alpha value is -1.77. The summed E-state index contributed by atoms with van der Waals surface area (Å²) < 4.78 is 43.6. The van der Waals surface area contributed by atoms with Crippen molar-refractivity contribution in [2.24, 2.45) is 0 Å².